The maximum Gasteiger partial charge on any atom is 0 e. The van der Waals surface area contributed by atoms with Crippen LogP contribution in [0.3, 0.4) is 0 Å². The zero-order valence-electron chi connectivity index (χ0n) is 5.46. The fraction of sp³-hybridized carbons (Fsp3) is 0.143. The molecule has 47 valence electrons. The molecule has 0 bridgehead atoms. The molecule has 1 rings (SSSR count). The largest absolute Gasteiger partial charge is 0.680 e. The summed E-state index contributed by atoms with van der Waals surface area (Å²) in [6.07, 6.45) is 0. The van der Waals surface area contributed by atoms with Gasteiger partial charge in [-0.2, -0.15) is 43.4 Å². The van der Waals surface area contributed by atoms with Crippen molar-refractivity contribution in [1.29, 1.82) is 0 Å². The molecule has 0 amide bonds. The van der Waals surface area contributed by atoms with Gasteiger partial charge in [-0.1, -0.05) is 0 Å². The van der Waals surface area contributed by atoms with E-state index in [2.05, 4.69) is 6.07 Å². The van der Waals surface area contributed by atoms with Crippen molar-refractivity contribution in [2.75, 3.05) is 7.05 Å². The molecule has 0 saturated carbocycles. The number of hydrogen-bond donors (Lipinski definition) is 0. The Morgan fingerprint density at radius 2 is 1.44 bits per heavy atom. The molecule has 0 aliphatic rings. The van der Waals surface area contributed by atoms with Crippen molar-refractivity contribution in [2.24, 2.45) is 0 Å². The van der Waals surface area contributed by atoms with Gasteiger partial charge in [0.15, 0.2) is 0 Å². The van der Waals surface area contributed by atoms with Crippen LogP contribution in [0.15, 0.2) is 30.3 Å². The minimum absolute atomic E-state index is 0. The maximum absolute atomic E-state index is 5.75. The summed E-state index contributed by atoms with van der Waals surface area (Å²) in [7, 11) is 1.25. The number of nitrogens with one attached hydrogen (secondary N) is 1. The van der Waals surface area contributed by atoms with Gasteiger partial charge in [0.05, 0.1) is 0 Å². The van der Waals surface area contributed by atoms with Crippen LogP contribution >= 0.6 is 0 Å². The van der Waals surface area contributed by atoms with Crippen LogP contribution in [0.1, 0.15) is 0 Å². The fourth-order valence-electron chi connectivity index (χ4n) is 0.342. The summed E-state index contributed by atoms with van der Waals surface area (Å²) in [5, 5.41) is 0. The van der Waals surface area contributed by atoms with E-state index in [1.807, 2.05) is 30.3 Å². The van der Waals surface area contributed by atoms with Crippen molar-refractivity contribution < 1.29 is 32.7 Å². The SMILES string of the molecule is C[NH-].[Y].[c-]1ccccc1. The first-order valence-electron chi connectivity index (χ1n) is 2.41. The van der Waals surface area contributed by atoms with Crippen molar-refractivity contribution in [3.05, 3.63) is 42.1 Å². The van der Waals surface area contributed by atoms with Gasteiger partial charge in [-0.15, -0.1) is 0 Å². The summed E-state index contributed by atoms with van der Waals surface area (Å²) in [4.78, 5) is 0. The number of hydrogen-bond acceptors (Lipinski definition) is 0. The van der Waals surface area contributed by atoms with E-state index in [4.69, 9.17) is 5.73 Å². The van der Waals surface area contributed by atoms with Crippen LogP contribution < -0.4 is 0 Å². The van der Waals surface area contributed by atoms with E-state index in [1.165, 1.54) is 7.05 Å². The second kappa shape index (κ2) is 11.1. The van der Waals surface area contributed by atoms with E-state index in [9.17, 15) is 0 Å². The Balaban J connectivity index is 0. The monoisotopic (exact) mass is 196 g/mol. The van der Waals surface area contributed by atoms with Crippen LogP contribution in [0.25, 0.3) is 5.73 Å². The number of rotatable bonds is 0. The minimum Gasteiger partial charge on any atom is -0.680 e. The predicted molar refractivity (Wildman–Crippen MR) is 35.5 cm³/mol. The third-order valence-corrected chi connectivity index (χ3v) is 0.607. The van der Waals surface area contributed by atoms with Crippen molar-refractivity contribution in [1.82, 2.24) is 0 Å². The molecule has 0 heterocycles. The molecular weight excluding hydrogens is 187 g/mol. The molecule has 0 aliphatic carbocycles. The molecule has 9 heavy (non-hydrogen) atoms. The third-order valence-electron chi connectivity index (χ3n) is 0.607. The average Bonchev–Trinajstić information content (AvgIpc) is 1.96. The molecule has 0 spiro atoms. The van der Waals surface area contributed by atoms with Gasteiger partial charge in [-0.05, 0) is 0 Å². The summed E-state index contributed by atoms with van der Waals surface area (Å²) < 4.78 is 0. The average molecular weight is 196 g/mol. The summed E-state index contributed by atoms with van der Waals surface area (Å²) in [5.74, 6) is 0. The first kappa shape index (κ1) is 12.0. The summed E-state index contributed by atoms with van der Waals surface area (Å²) >= 11 is 0. The maximum atomic E-state index is 5.75. The Labute approximate surface area is 81.5 Å². The molecule has 2 heteroatoms. The van der Waals surface area contributed by atoms with Crippen LogP contribution in [0.2, 0.25) is 0 Å². The molecular formula is C7H9NY-2. The molecule has 0 fully saturated rings. The summed E-state index contributed by atoms with van der Waals surface area (Å²) in [6, 6.07) is 12.5. The molecule has 0 aliphatic heterocycles. The van der Waals surface area contributed by atoms with Gasteiger partial charge in [0.25, 0.3) is 0 Å². The topological polar surface area (TPSA) is 23.8 Å². The van der Waals surface area contributed by atoms with Crippen LogP contribution in [0, 0.1) is 6.07 Å². The van der Waals surface area contributed by atoms with Crippen molar-refractivity contribution in [3.8, 4) is 0 Å². The normalized spacial score (nSPS) is 6.00. The van der Waals surface area contributed by atoms with E-state index in [1.54, 1.807) is 0 Å². The Kier molecular flexibility index (Phi) is 14.9. The van der Waals surface area contributed by atoms with E-state index >= 15 is 0 Å². The number of benzene rings is 1. The molecule has 0 saturated heterocycles. The molecule has 1 radical (unpaired) electrons. The van der Waals surface area contributed by atoms with Crippen molar-refractivity contribution >= 4 is 0 Å². The fourth-order valence-corrected chi connectivity index (χ4v) is 0.342. The molecule has 1 aromatic rings. The summed E-state index contributed by atoms with van der Waals surface area (Å²) in [5.41, 5.74) is 5.75. The zero-order valence-corrected chi connectivity index (χ0v) is 8.30. The quantitative estimate of drug-likeness (QED) is 0.567. The van der Waals surface area contributed by atoms with Gasteiger partial charge in [0.1, 0.15) is 0 Å². The summed E-state index contributed by atoms with van der Waals surface area (Å²) in [6.45, 7) is 0. The molecule has 0 unspecified atom stereocenters. The van der Waals surface area contributed by atoms with Crippen molar-refractivity contribution in [3.63, 3.8) is 0 Å². The van der Waals surface area contributed by atoms with Gasteiger partial charge in [0, 0.05) is 32.7 Å². The standard InChI is InChI=1S/C6H5.CH4N.Y/c1-2-4-6-5-3-1;1-2;/h1-5H;2H,1H3;/q2*-1;. The molecule has 0 atom stereocenters. The van der Waals surface area contributed by atoms with Crippen LogP contribution in [0.5, 0.6) is 0 Å². The first-order chi connectivity index (χ1) is 4.00. The van der Waals surface area contributed by atoms with Crippen LogP contribution in [-0.2, 0) is 32.7 Å². The van der Waals surface area contributed by atoms with E-state index in [0.717, 1.165) is 0 Å². The van der Waals surface area contributed by atoms with E-state index in [0.29, 0.717) is 0 Å². The molecule has 1 N–H and O–H groups in total. The van der Waals surface area contributed by atoms with Gasteiger partial charge < -0.3 is 5.73 Å². The smallest absolute Gasteiger partial charge is 0 e. The first-order valence-corrected chi connectivity index (χ1v) is 2.41. The molecule has 1 aromatic carbocycles. The van der Waals surface area contributed by atoms with Crippen LogP contribution in [0.4, 0.5) is 0 Å². The Morgan fingerprint density at radius 1 is 1.00 bits per heavy atom. The van der Waals surface area contributed by atoms with Crippen LogP contribution in [-0.4, -0.2) is 7.05 Å². The molecule has 0 aromatic heterocycles. The predicted octanol–water partition coefficient (Wildman–Crippen LogP) is 2.15. The molecule has 1 nitrogen and oxygen atoms in total. The van der Waals surface area contributed by atoms with Gasteiger partial charge in [-0.25, -0.2) is 0 Å². The second-order valence-electron chi connectivity index (χ2n) is 1.08. The zero-order chi connectivity index (χ0) is 6.24. The van der Waals surface area contributed by atoms with E-state index < -0.39 is 0 Å². The third kappa shape index (κ3) is 8.28. The van der Waals surface area contributed by atoms with E-state index in [-0.39, 0.29) is 32.7 Å². The van der Waals surface area contributed by atoms with Gasteiger partial charge >= 0.3 is 0 Å². The minimum atomic E-state index is 0. The van der Waals surface area contributed by atoms with Gasteiger partial charge in [0.2, 0.25) is 0 Å². The Morgan fingerprint density at radius 3 is 1.56 bits per heavy atom. The Bertz CT molecular complexity index is 80.8. The van der Waals surface area contributed by atoms with Gasteiger partial charge in [-0.3, -0.25) is 0 Å². The second-order valence-corrected chi connectivity index (χ2v) is 1.08. The Hall–Kier alpha value is 0.284. The van der Waals surface area contributed by atoms with Crippen molar-refractivity contribution in [2.45, 2.75) is 0 Å².